The first kappa shape index (κ1) is 17.7. The molecule has 1 aliphatic rings. The zero-order chi connectivity index (χ0) is 17.4. The van der Waals surface area contributed by atoms with Crippen LogP contribution in [0.3, 0.4) is 0 Å². The van der Waals surface area contributed by atoms with Crippen LogP contribution >= 0.6 is 0 Å². The third-order valence-electron chi connectivity index (χ3n) is 3.72. The maximum Gasteiger partial charge on any atom is 0.437 e. The second kappa shape index (κ2) is 6.45. The quantitative estimate of drug-likeness (QED) is 0.793. The first-order valence-electron chi connectivity index (χ1n) is 7.11. The highest BCUT2D eigenvalue weighted by atomic mass is 19.4. The predicted molar refractivity (Wildman–Crippen MR) is 78.5 cm³/mol. The van der Waals surface area contributed by atoms with Crippen molar-refractivity contribution < 1.29 is 22.4 Å². The van der Waals surface area contributed by atoms with Gasteiger partial charge >= 0.3 is 6.18 Å². The Bertz CT molecular complexity index is 601. The van der Waals surface area contributed by atoms with Crippen LogP contribution in [-0.4, -0.2) is 54.9 Å². The summed E-state index contributed by atoms with van der Waals surface area (Å²) in [4.78, 5) is 10.4. The molecule has 0 N–H and O–H groups in total. The molecule has 0 bridgehead atoms. The monoisotopic (exact) mass is 333 g/mol. The normalized spacial score (nSPS) is 20.1. The molecule has 4 nitrogen and oxygen atoms in total. The van der Waals surface area contributed by atoms with Gasteiger partial charge in [0.25, 0.3) is 6.23 Å². The highest BCUT2D eigenvalue weighted by molar-refractivity contribution is 5.99. The number of aliphatic imine (C=N–C) groups is 1. The summed E-state index contributed by atoms with van der Waals surface area (Å²) in [5.41, 5.74) is 0.666. The molecule has 0 aromatic heterocycles. The summed E-state index contributed by atoms with van der Waals surface area (Å²) in [7, 11) is 3.62. The summed E-state index contributed by atoms with van der Waals surface area (Å²) < 4.78 is 52.5. The number of likely N-dealkylation sites (N-methyl/N-ethyl adjacent to an activating group) is 1. The number of aryl methyl sites for hydroxylation is 1. The van der Waals surface area contributed by atoms with E-state index in [1.165, 1.54) is 18.2 Å². The third kappa shape index (κ3) is 4.00. The van der Waals surface area contributed by atoms with Gasteiger partial charge in [0.05, 0.1) is 6.54 Å². The van der Waals surface area contributed by atoms with Crippen LogP contribution in [0.5, 0.6) is 0 Å². The van der Waals surface area contributed by atoms with Gasteiger partial charge in [-0.15, -0.1) is 0 Å². The molecule has 1 heterocycles. The number of alkyl halides is 3. The topological polar surface area (TPSA) is 28.1 Å². The Morgan fingerprint density at radius 3 is 2.52 bits per heavy atom. The molecule has 2 rings (SSSR count). The predicted octanol–water partition coefficient (Wildman–Crippen LogP) is 2.97. The molecule has 1 aromatic carbocycles. The number of nitrogens with zero attached hydrogens (tertiary/aromatic N) is 3. The van der Waals surface area contributed by atoms with E-state index >= 15 is 0 Å². The molecular formula is C15H19F4N3O. The maximum atomic E-state index is 13.7. The second-order valence-electron chi connectivity index (χ2n) is 5.79. The van der Waals surface area contributed by atoms with E-state index in [0.29, 0.717) is 5.56 Å². The Labute approximate surface area is 132 Å². The number of hydrogen-bond donors (Lipinski definition) is 0. The lowest BCUT2D eigenvalue weighted by molar-refractivity contribution is -0.262. The maximum absolute atomic E-state index is 13.7. The number of benzene rings is 1. The molecule has 0 saturated heterocycles. The van der Waals surface area contributed by atoms with E-state index < -0.39 is 18.2 Å². The summed E-state index contributed by atoms with van der Waals surface area (Å²) >= 11 is 0. The molecule has 2 atom stereocenters. The zero-order valence-electron chi connectivity index (χ0n) is 13.4. The van der Waals surface area contributed by atoms with E-state index in [4.69, 9.17) is 4.84 Å². The SMILES string of the molecule is Cc1ccc(C2=NC(C(F)(F)F)ON2CC(C)N(C)C)cc1F. The summed E-state index contributed by atoms with van der Waals surface area (Å²) in [6.07, 6.45) is -6.89. The van der Waals surface area contributed by atoms with Crippen molar-refractivity contribution in [3.8, 4) is 0 Å². The largest absolute Gasteiger partial charge is 0.437 e. The number of rotatable bonds is 4. The number of amidine groups is 1. The molecule has 1 aliphatic heterocycles. The Balaban J connectivity index is 2.34. The van der Waals surface area contributed by atoms with Crippen LogP contribution < -0.4 is 0 Å². The van der Waals surface area contributed by atoms with Crippen molar-refractivity contribution in [3.63, 3.8) is 0 Å². The number of hydroxylamine groups is 2. The molecule has 0 aliphatic carbocycles. The highest BCUT2D eigenvalue weighted by Gasteiger charge is 2.47. The van der Waals surface area contributed by atoms with Gasteiger partial charge in [0.15, 0.2) is 5.84 Å². The van der Waals surface area contributed by atoms with E-state index in [1.807, 2.05) is 25.9 Å². The number of halogens is 4. The summed E-state index contributed by atoms with van der Waals surface area (Å²) in [5.74, 6) is -0.513. The van der Waals surface area contributed by atoms with Gasteiger partial charge in [0, 0.05) is 11.6 Å². The van der Waals surface area contributed by atoms with Crippen LogP contribution in [0.1, 0.15) is 18.1 Å². The van der Waals surface area contributed by atoms with Crippen LogP contribution in [-0.2, 0) is 4.84 Å². The zero-order valence-corrected chi connectivity index (χ0v) is 13.4. The van der Waals surface area contributed by atoms with E-state index in [0.717, 1.165) is 5.06 Å². The van der Waals surface area contributed by atoms with Gasteiger partial charge in [-0.2, -0.15) is 13.2 Å². The van der Waals surface area contributed by atoms with Crippen LogP contribution in [0.2, 0.25) is 0 Å². The fourth-order valence-corrected chi connectivity index (χ4v) is 1.99. The molecule has 0 spiro atoms. The lowest BCUT2D eigenvalue weighted by atomic mass is 10.1. The molecule has 0 fully saturated rings. The van der Waals surface area contributed by atoms with Gasteiger partial charge in [0.2, 0.25) is 0 Å². The van der Waals surface area contributed by atoms with Crippen LogP contribution in [0.25, 0.3) is 0 Å². The third-order valence-corrected chi connectivity index (χ3v) is 3.72. The average molecular weight is 333 g/mol. The van der Waals surface area contributed by atoms with Crippen molar-refractivity contribution in [2.24, 2.45) is 4.99 Å². The molecule has 128 valence electrons. The minimum atomic E-state index is -4.62. The van der Waals surface area contributed by atoms with Crippen LogP contribution in [0, 0.1) is 12.7 Å². The first-order valence-corrected chi connectivity index (χ1v) is 7.11. The first-order chi connectivity index (χ1) is 10.6. The summed E-state index contributed by atoms with van der Waals surface area (Å²) in [5, 5.41) is 1.09. The summed E-state index contributed by atoms with van der Waals surface area (Å²) in [6, 6.07) is 4.13. The van der Waals surface area contributed by atoms with E-state index in [2.05, 4.69) is 4.99 Å². The van der Waals surface area contributed by atoms with E-state index in [-0.39, 0.29) is 24.0 Å². The van der Waals surface area contributed by atoms with Gasteiger partial charge in [-0.05, 0) is 39.6 Å². The van der Waals surface area contributed by atoms with Crippen LogP contribution in [0.4, 0.5) is 17.6 Å². The molecule has 23 heavy (non-hydrogen) atoms. The van der Waals surface area contributed by atoms with Crippen molar-refractivity contribution >= 4 is 5.84 Å². The molecule has 0 radical (unpaired) electrons. The van der Waals surface area contributed by atoms with Crippen molar-refractivity contribution in [3.05, 3.63) is 35.1 Å². The minimum Gasteiger partial charge on any atom is -0.305 e. The fraction of sp³-hybridized carbons (Fsp3) is 0.533. The number of hydrogen-bond acceptors (Lipinski definition) is 4. The van der Waals surface area contributed by atoms with Crippen molar-refractivity contribution in [1.82, 2.24) is 9.96 Å². The smallest absolute Gasteiger partial charge is 0.305 e. The molecular weight excluding hydrogens is 314 g/mol. The van der Waals surface area contributed by atoms with Gasteiger partial charge < -0.3 is 4.90 Å². The Kier molecular flexibility index (Phi) is 4.95. The highest BCUT2D eigenvalue weighted by Crippen LogP contribution is 2.30. The lowest BCUT2D eigenvalue weighted by Gasteiger charge is -2.27. The molecule has 2 unspecified atom stereocenters. The average Bonchev–Trinajstić information content (AvgIpc) is 2.85. The van der Waals surface area contributed by atoms with Gasteiger partial charge in [-0.1, -0.05) is 12.1 Å². The molecule has 1 aromatic rings. The molecule has 0 amide bonds. The standard InChI is InChI=1S/C15H19F4N3O/c1-9-5-6-11(7-12(9)16)13-20-14(15(17,18)19)23-22(13)8-10(2)21(3)4/h5-7,10,14H,8H2,1-4H3. The molecule has 0 saturated carbocycles. The Hall–Kier alpha value is -1.67. The minimum absolute atomic E-state index is 0.0140. The lowest BCUT2D eigenvalue weighted by Crippen LogP contribution is -2.41. The second-order valence-corrected chi connectivity index (χ2v) is 5.79. The van der Waals surface area contributed by atoms with Gasteiger partial charge in [0.1, 0.15) is 5.82 Å². The fourth-order valence-electron chi connectivity index (χ4n) is 1.99. The van der Waals surface area contributed by atoms with Crippen molar-refractivity contribution in [2.75, 3.05) is 20.6 Å². The van der Waals surface area contributed by atoms with Crippen molar-refractivity contribution in [2.45, 2.75) is 32.3 Å². The Morgan fingerprint density at radius 1 is 1.35 bits per heavy atom. The molecule has 8 heteroatoms. The van der Waals surface area contributed by atoms with E-state index in [9.17, 15) is 17.6 Å². The van der Waals surface area contributed by atoms with E-state index in [1.54, 1.807) is 6.92 Å². The van der Waals surface area contributed by atoms with Gasteiger partial charge in [-0.25, -0.2) is 19.3 Å². The summed E-state index contributed by atoms with van der Waals surface area (Å²) in [6.45, 7) is 3.60. The van der Waals surface area contributed by atoms with Crippen molar-refractivity contribution in [1.29, 1.82) is 0 Å². The van der Waals surface area contributed by atoms with Crippen LogP contribution in [0.15, 0.2) is 23.2 Å². The van der Waals surface area contributed by atoms with Gasteiger partial charge in [-0.3, -0.25) is 0 Å². The Morgan fingerprint density at radius 2 is 2.00 bits per heavy atom.